The molecule has 1 fully saturated rings. The van der Waals surface area contributed by atoms with Gasteiger partial charge in [0.05, 0.1) is 18.6 Å². The van der Waals surface area contributed by atoms with Gasteiger partial charge in [0, 0.05) is 25.2 Å². The summed E-state index contributed by atoms with van der Waals surface area (Å²) in [6, 6.07) is 3.68. The van der Waals surface area contributed by atoms with Crippen LogP contribution in [0.25, 0.3) is 0 Å². The van der Waals surface area contributed by atoms with Gasteiger partial charge in [-0.2, -0.15) is 0 Å². The molecule has 1 heterocycles. The number of nitrogens with zero attached hydrogens (tertiary/aromatic N) is 3. The highest BCUT2D eigenvalue weighted by Gasteiger charge is 2.37. The van der Waals surface area contributed by atoms with E-state index in [1.54, 1.807) is 25.7 Å². The van der Waals surface area contributed by atoms with Crippen LogP contribution in [-0.2, 0) is 9.53 Å². The molecule has 1 aliphatic rings. The Bertz CT molecular complexity index is 743. The van der Waals surface area contributed by atoms with Gasteiger partial charge in [-0.05, 0) is 33.8 Å². The Kier molecular flexibility index (Phi) is 5.92. The average Bonchev–Trinajstić information content (AvgIpc) is 2.58. The van der Waals surface area contributed by atoms with Crippen molar-refractivity contribution in [2.75, 3.05) is 31.6 Å². The molecule has 2 rings (SSSR count). The number of methoxy groups -OCH3 is 1. The van der Waals surface area contributed by atoms with Crippen molar-refractivity contribution in [3.05, 3.63) is 28.3 Å². The predicted molar refractivity (Wildman–Crippen MR) is 99.3 cm³/mol. The first-order chi connectivity index (χ1) is 12.5. The fraction of sp³-hybridized carbons (Fsp3) is 0.556. The Hall–Kier alpha value is -2.84. The molecule has 1 saturated heterocycles. The number of Topliss-reactive ketones (excluding diaryl/α,β-unsaturated/α-hetero) is 1. The van der Waals surface area contributed by atoms with E-state index in [0.29, 0.717) is 11.4 Å². The number of hydrogen-bond donors (Lipinski definition) is 0. The molecule has 9 heteroatoms. The molecule has 0 aliphatic carbocycles. The van der Waals surface area contributed by atoms with Gasteiger partial charge in [0.25, 0.3) is 5.69 Å². The lowest BCUT2D eigenvalue weighted by molar-refractivity contribution is -0.384. The van der Waals surface area contributed by atoms with Crippen molar-refractivity contribution in [1.29, 1.82) is 0 Å². The molecule has 1 aromatic carbocycles. The van der Waals surface area contributed by atoms with Gasteiger partial charge in [-0.25, -0.2) is 4.79 Å². The van der Waals surface area contributed by atoms with Crippen LogP contribution < -0.4 is 9.64 Å². The molecule has 0 bridgehead atoms. The third-order valence-electron chi connectivity index (χ3n) is 4.19. The molecule has 148 valence electrons. The van der Waals surface area contributed by atoms with Crippen LogP contribution in [0.1, 0.15) is 27.7 Å². The van der Waals surface area contributed by atoms with Crippen molar-refractivity contribution >= 4 is 23.3 Å². The van der Waals surface area contributed by atoms with Gasteiger partial charge >= 0.3 is 6.09 Å². The van der Waals surface area contributed by atoms with Gasteiger partial charge in [0.1, 0.15) is 23.1 Å². The number of carbonyl (C=O) groups excluding carboxylic acids is 2. The summed E-state index contributed by atoms with van der Waals surface area (Å²) in [5, 5.41) is 11.4. The molecule has 1 atom stereocenters. The molecule has 1 aliphatic heterocycles. The number of amides is 1. The highest BCUT2D eigenvalue weighted by Crippen LogP contribution is 2.34. The maximum atomic E-state index is 12.3. The number of ether oxygens (including phenoxy) is 2. The largest absolute Gasteiger partial charge is 0.497 e. The molecular weight excluding hydrogens is 354 g/mol. The Labute approximate surface area is 158 Å². The molecule has 0 spiro atoms. The molecule has 27 heavy (non-hydrogen) atoms. The second kappa shape index (κ2) is 7.81. The Morgan fingerprint density at radius 2 is 1.93 bits per heavy atom. The van der Waals surface area contributed by atoms with E-state index in [2.05, 4.69) is 0 Å². The zero-order valence-electron chi connectivity index (χ0n) is 16.2. The number of carbonyl (C=O) groups is 2. The number of hydrogen-bond acceptors (Lipinski definition) is 7. The van der Waals surface area contributed by atoms with Gasteiger partial charge in [0.15, 0.2) is 5.78 Å². The predicted octanol–water partition coefficient (Wildman–Crippen LogP) is 2.62. The number of benzene rings is 1. The fourth-order valence-electron chi connectivity index (χ4n) is 2.93. The smallest absolute Gasteiger partial charge is 0.410 e. The molecule has 0 radical (unpaired) electrons. The molecule has 1 aromatic rings. The third-order valence-corrected chi connectivity index (χ3v) is 4.19. The minimum Gasteiger partial charge on any atom is -0.497 e. The SMILES string of the molecule is COc1ccc([N+](=O)[O-])c(N2CCN(C(=O)OC(C)(C)C)CC2C(C)=O)c1. The number of piperazine rings is 1. The Morgan fingerprint density at radius 1 is 1.26 bits per heavy atom. The number of anilines is 1. The van der Waals surface area contributed by atoms with Crippen LogP contribution in [0.2, 0.25) is 0 Å². The van der Waals surface area contributed by atoms with Crippen molar-refractivity contribution < 1.29 is 24.0 Å². The lowest BCUT2D eigenvalue weighted by atomic mass is 10.1. The Morgan fingerprint density at radius 3 is 2.44 bits per heavy atom. The van der Waals surface area contributed by atoms with Crippen LogP contribution in [0.3, 0.4) is 0 Å². The second-order valence-corrected chi connectivity index (χ2v) is 7.36. The van der Waals surface area contributed by atoms with E-state index in [4.69, 9.17) is 9.47 Å². The highest BCUT2D eigenvalue weighted by molar-refractivity contribution is 5.87. The maximum absolute atomic E-state index is 12.3. The zero-order valence-corrected chi connectivity index (χ0v) is 16.2. The monoisotopic (exact) mass is 379 g/mol. The van der Waals surface area contributed by atoms with Crippen LogP contribution in [-0.4, -0.2) is 60.1 Å². The van der Waals surface area contributed by atoms with E-state index in [1.165, 1.54) is 37.1 Å². The van der Waals surface area contributed by atoms with Crippen molar-refractivity contribution in [1.82, 2.24) is 4.90 Å². The van der Waals surface area contributed by atoms with E-state index >= 15 is 0 Å². The zero-order chi connectivity index (χ0) is 20.4. The van der Waals surface area contributed by atoms with Gasteiger partial charge in [0.2, 0.25) is 0 Å². The first-order valence-electron chi connectivity index (χ1n) is 8.61. The minimum atomic E-state index is -0.711. The van der Waals surface area contributed by atoms with Crippen LogP contribution in [0, 0.1) is 10.1 Å². The maximum Gasteiger partial charge on any atom is 0.410 e. The van der Waals surface area contributed by atoms with E-state index < -0.39 is 22.7 Å². The summed E-state index contributed by atoms with van der Waals surface area (Å²) >= 11 is 0. The van der Waals surface area contributed by atoms with Crippen LogP contribution >= 0.6 is 0 Å². The first-order valence-corrected chi connectivity index (χ1v) is 8.61. The normalized spacial score (nSPS) is 17.4. The molecule has 1 unspecified atom stereocenters. The minimum absolute atomic E-state index is 0.0958. The van der Waals surface area contributed by atoms with Crippen molar-refractivity contribution in [2.24, 2.45) is 0 Å². The van der Waals surface area contributed by atoms with Crippen LogP contribution in [0.15, 0.2) is 18.2 Å². The summed E-state index contributed by atoms with van der Waals surface area (Å²) in [6.45, 7) is 7.35. The lowest BCUT2D eigenvalue weighted by Gasteiger charge is -2.41. The van der Waals surface area contributed by atoms with Crippen LogP contribution in [0.5, 0.6) is 5.75 Å². The topological polar surface area (TPSA) is 102 Å². The lowest BCUT2D eigenvalue weighted by Crippen LogP contribution is -2.58. The van der Waals surface area contributed by atoms with Crippen LogP contribution in [0.4, 0.5) is 16.2 Å². The van der Waals surface area contributed by atoms with Gasteiger partial charge in [-0.1, -0.05) is 0 Å². The van der Waals surface area contributed by atoms with Crippen molar-refractivity contribution in [3.8, 4) is 5.75 Å². The van der Waals surface area contributed by atoms with Crippen molar-refractivity contribution in [2.45, 2.75) is 39.3 Å². The highest BCUT2D eigenvalue weighted by atomic mass is 16.6. The van der Waals surface area contributed by atoms with Crippen molar-refractivity contribution in [3.63, 3.8) is 0 Å². The number of ketones is 1. The quantitative estimate of drug-likeness (QED) is 0.585. The summed E-state index contributed by atoms with van der Waals surface area (Å²) in [6.07, 6.45) is -0.506. The van der Waals surface area contributed by atoms with Gasteiger partial charge in [-0.15, -0.1) is 0 Å². The molecule has 0 saturated carbocycles. The van der Waals surface area contributed by atoms with E-state index in [1.807, 2.05) is 0 Å². The Balaban J connectivity index is 2.33. The first kappa shape index (κ1) is 20.5. The number of nitro groups is 1. The van der Waals surface area contributed by atoms with E-state index in [0.717, 1.165) is 0 Å². The fourth-order valence-corrected chi connectivity index (χ4v) is 2.93. The van der Waals surface area contributed by atoms with E-state index in [9.17, 15) is 19.7 Å². The summed E-state index contributed by atoms with van der Waals surface area (Å²) in [5.74, 6) is 0.257. The third kappa shape index (κ3) is 4.87. The number of nitro benzene ring substituents is 1. The summed E-state index contributed by atoms with van der Waals surface area (Å²) in [4.78, 5) is 38.7. The average molecular weight is 379 g/mol. The summed E-state index contributed by atoms with van der Waals surface area (Å²) in [7, 11) is 1.47. The second-order valence-electron chi connectivity index (χ2n) is 7.36. The molecule has 1 amide bonds. The van der Waals surface area contributed by atoms with Gasteiger partial charge < -0.3 is 19.3 Å². The van der Waals surface area contributed by atoms with Gasteiger partial charge in [-0.3, -0.25) is 14.9 Å². The summed E-state index contributed by atoms with van der Waals surface area (Å²) < 4.78 is 10.5. The molecule has 9 nitrogen and oxygen atoms in total. The molecule has 0 aromatic heterocycles. The number of rotatable bonds is 4. The van der Waals surface area contributed by atoms with E-state index in [-0.39, 0.29) is 31.1 Å². The molecule has 0 N–H and O–H groups in total. The standard InChI is InChI=1S/C18H25N3O6/c1-12(22)16-11-19(17(23)27-18(2,3)4)8-9-20(16)15-10-13(26-5)6-7-14(15)21(24)25/h6-7,10,16H,8-9,11H2,1-5H3. The summed E-state index contributed by atoms with van der Waals surface area (Å²) in [5.41, 5.74) is -0.470. The molecular formula is C18H25N3O6.